The number of hydrogen-bond acceptors (Lipinski definition) is 7. The van der Waals surface area contributed by atoms with Crippen LogP contribution in [0.25, 0.3) is 17.0 Å². The fraction of sp³-hybridized carbons (Fsp3) is 0.294. The highest BCUT2D eigenvalue weighted by Crippen LogP contribution is 2.21. The van der Waals surface area contributed by atoms with Crippen molar-refractivity contribution in [3.05, 3.63) is 36.4 Å². The molecule has 0 aliphatic rings. The van der Waals surface area contributed by atoms with E-state index in [2.05, 4.69) is 20.6 Å². The van der Waals surface area contributed by atoms with Gasteiger partial charge >= 0.3 is 6.09 Å². The Morgan fingerprint density at radius 1 is 1.15 bits per heavy atom. The standard InChI is InChI=1S/C17H19N5O4/c1-3-25-17(23)18-10-11-26-15-9-8-14-19-20-16(22(14)21-15)12-4-6-13(24-2)7-5-12/h4-9H,3,10-11H2,1-2H3,(H,18,23). The molecule has 136 valence electrons. The van der Waals surface area contributed by atoms with Gasteiger partial charge in [-0.2, -0.15) is 4.52 Å². The number of nitrogens with one attached hydrogen (secondary N) is 1. The maximum Gasteiger partial charge on any atom is 0.407 e. The molecule has 1 N–H and O–H groups in total. The van der Waals surface area contributed by atoms with Gasteiger partial charge in [0.25, 0.3) is 0 Å². The zero-order chi connectivity index (χ0) is 18.4. The second-order valence-electron chi connectivity index (χ2n) is 5.19. The van der Waals surface area contributed by atoms with E-state index in [1.165, 1.54) is 0 Å². The first-order valence-corrected chi connectivity index (χ1v) is 8.11. The third kappa shape index (κ3) is 4.00. The minimum absolute atomic E-state index is 0.261. The molecule has 0 fully saturated rings. The molecule has 3 rings (SSSR count). The van der Waals surface area contributed by atoms with Crippen LogP contribution in [0.1, 0.15) is 6.92 Å². The van der Waals surface area contributed by atoms with Crippen molar-refractivity contribution in [2.75, 3.05) is 26.9 Å². The van der Waals surface area contributed by atoms with E-state index in [1.807, 2.05) is 24.3 Å². The third-order valence-electron chi connectivity index (χ3n) is 3.48. The van der Waals surface area contributed by atoms with Crippen LogP contribution >= 0.6 is 0 Å². The molecule has 0 radical (unpaired) electrons. The molecule has 2 heterocycles. The predicted octanol–water partition coefficient (Wildman–Crippen LogP) is 1.92. The van der Waals surface area contributed by atoms with E-state index in [0.717, 1.165) is 11.3 Å². The molecular formula is C17H19N5O4. The fourth-order valence-electron chi connectivity index (χ4n) is 2.26. The molecule has 0 bridgehead atoms. The zero-order valence-electron chi connectivity index (χ0n) is 14.5. The Balaban J connectivity index is 1.70. The summed E-state index contributed by atoms with van der Waals surface area (Å²) in [4.78, 5) is 11.2. The summed E-state index contributed by atoms with van der Waals surface area (Å²) in [6.07, 6.45) is -0.472. The second kappa shape index (κ2) is 8.15. The lowest BCUT2D eigenvalue weighted by atomic mass is 10.2. The van der Waals surface area contributed by atoms with E-state index in [9.17, 15) is 4.79 Å². The summed E-state index contributed by atoms with van der Waals surface area (Å²) in [6, 6.07) is 10.9. The molecule has 0 atom stereocenters. The van der Waals surface area contributed by atoms with Gasteiger partial charge in [-0.25, -0.2) is 4.79 Å². The quantitative estimate of drug-likeness (QED) is 0.645. The monoisotopic (exact) mass is 357 g/mol. The van der Waals surface area contributed by atoms with Crippen molar-refractivity contribution in [2.45, 2.75) is 6.92 Å². The summed E-state index contributed by atoms with van der Waals surface area (Å²) in [6.45, 7) is 2.64. The molecule has 0 unspecified atom stereocenters. The van der Waals surface area contributed by atoms with Gasteiger partial charge in [0.2, 0.25) is 5.88 Å². The first kappa shape index (κ1) is 17.5. The first-order chi connectivity index (χ1) is 12.7. The Labute approximate surface area is 149 Å². The molecule has 26 heavy (non-hydrogen) atoms. The van der Waals surface area contributed by atoms with Crippen LogP contribution in [-0.2, 0) is 4.74 Å². The molecule has 0 saturated heterocycles. The average Bonchev–Trinajstić information content (AvgIpc) is 3.09. The number of hydrogen-bond donors (Lipinski definition) is 1. The van der Waals surface area contributed by atoms with E-state index in [1.54, 1.807) is 30.7 Å². The molecule has 9 heteroatoms. The van der Waals surface area contributed by atoms with Crippen LogP contribution < -0.4 is 14.8 Å². The maximum absolute atomic E-state index is 11.2. The highest BCUT2D eigenvalue weighted by atomic mass is 16.5. The number of rotatable bonds is 7. The lowest BCUT2D eigenvalue weighted by molar-refractivity contribution is 0.149. The Morgan fingerprint density at radius 3 is 2.69 bits per heavy atom. The molecule has 2 aromatic heterocycles. The Hall–Kier alpha value is -3.36. The molecule has 0 aliphatic carbocycles. The Bertz CT molecular complexity index is 878. The number of fused-ring (bicyclic) bond motifs is 1. The van der Waals surface area contributed by atoms with Gasteiger partial charge in [-0.1, -0.05) is 0 Å². The number of carbonyl (C=O) groups excluding carboxylic acids is 1. The highest BCUT2D eigenvalue weighted by molar-refractivity contribution is 5.67. The number of nitrogens with zero attached hydrogens (tertiary/aromatic N) is 4. The maximum atomic E-state index is 11.2. The minimum Gasteiger partial charge on any atom is -0.497 e. The normalized spacial score (nSPS) is 10.5. The van der Waals surface area contributed by atoms with Crippen LogP contribution in [0.2, 0.25) is 0 Å². The van der Waals surface area contributed by atoms with Crippen LogP contribution in [-0.4, -0.2) is 52.8 Å². The van der Waals surface area contributed by atoms with E-state index in [4.69, 9.17) is 14.2 Å². The van der Waals surface area contributed by atoms with Gasteiger partial charge in [0.15, 0.2) is 11.5 Å². The highest BCUT2D eigenvalue weighted by Gasteiger charge is 2.11. The average molecular weight is 357 g/mol. The number of carbonyl (C=O) groups is 1. The van der Waals surface area contributed by atoms with Crippen molar-refractivity contribution in [1.82, 2.24) is 25.1 Å². The SMILES string of the molecule is CCOC(=O)NCCOc1ccc2nnc(-c3ccc(OC)cc3)n2n1. The van der Waals surface area contributed by atoms with Gasteiger partial charge in [0.05, 0.1) is 20.3 Å². The van der Waals surface area contributed by atoms with E-state index in [-0.39, 0.29) is 6.61 Å². The smallest absolute Gasteiger partial charge is 0.407 e. The van der Waals surface area contributed by atoms with Crippen LogP contribution in [0, 0.1) is 0 Å². The van der Waals surface area contributed by atoms with Crippen molar-refractivity contribution in [3.8, 4) is 23.0 Å². The molecule has 1 aromatic carbocycles. The van der Waals surface area contributed by atoms with Crippen molar-refractivity contribution < 1.29 is 19.0 Å². The topological polar surface area (TPSA) is 99.9 Å². The molecule has 3 aromatic rings. The van der Waals surface area contributed by atoms with Crippen LogP contribution in [0.5, 0.6) is 11.6 Å². The summed E-state index contributed by atoms with van der Waals surface area (Å²) >= 11 is 0. The predicted molar refractivity (Wildman–Crippen MR) is 93.3 cm³/mol. The van der Waals surface area contributed by atoms with Gasteiger partial charge in [0.1, 0.15) is 12.4 Å². The van der Waals surface area contributed by atoms with Gasteiger partial charge in [0, 0.05) is 11.6 Å². The summed E-state index contributed by atoms with van der Waals surface area (Å²) < 4.78 is 17.1. The summed E-state index contributed by atoms with van der Waals surface area (Å²) in [5.74, 6) is 1.75. The number of methoxy groups -OCH3 is 1. The molecule has 0 aliphatic heterocycles. The molecule has 0 spiro atoms. The number of benzene rings is 1. The number of ether oxygens (including phenoxy) is 3. The Morgan fingerprint density at radius 2 is 1.96 bits per heavy atom. The van der Waals surface area contributed by atoms with Crippen molar-refractivity contribution in [3.63, 3.8) is 0 Å². The third-order valence-corrected chi connectivity index (χ3v) is 3.48. The largest absolute Gasteiger partial charge is 0.497 e. The van der Waals surface area contributed by atoms with Crippen LogP contribution in [0.4, 0.5) is 4.79 Å². The fourth-order valence-corrected chi connectivity index (χ4v) is 2.26. The lowest BCUT2D eigenvalue weighted by Gasteiger charge is -2.07. The lowest BCUT2D eigenvalue weighted by Crippen LogP contribution is -2.28. The van der Waals surface area contributed by atoms with Gasteiger partial charge in [-0.05, 0) is 37.3 Å². The first-order valence-electron chi connectivity index (χ1n) is 8.11. The van der Waals surface area contributed by atoms with Crippen molar-refractivity contribution in [2.24, 2.45) is 0 Å². The molecular weight excluding hydrogens is 338 g/mol. The molecule has 0 saturated carbocycles. The molecule has 9 nitrogen and oxygen atoms in total. The van der Waals surface area contributed by atoms with E-state index < -0.39 is 6.09 Å². The summed E-state index contributed by atoms with van der Waals surface area (Å²) in [7, 11) is 1.61. The van der Waals surface area contributed by atoms with Gasteiger partial charge in [-0.3, -0.25) is 0 Å². The van der Waals surface area contributed by atoms with Crippen LogP contribution in [0.15, 0.2) is 36.4 Å². The molecule has 1 amide bonds. The van der Waals surface area contributed by atoms with Gasteiger partial charge < -0.3 is 19.5 Å². The summed E-state index contributed by atoms with van der Waals surface area (Å²) in [5.41, 5.74) is 1.46. The zero-order valence-corrected chi connectivity index (χ0v) is 14.5. The minimum atomic E-state index is -0.472. The van der Waals surface area contributed by atoms with Gasteiger partial charge in [-0.15, -0.1) is 15.3 Å². The van der Waals surface area contributed by atoms with Crippen molar-refractivity contribution in [1.29, 1.82) is 0 Å². The number of aromatic nitrogens is 4. The van der Waals surface area contributed by atoms with Crippen LogP contribution in [0.3, 0.4) is 0 Å². The number of alkyl carbamates (subject to hydrolysis) is 1. The summed E-state index contributed by atoms with van der Waals surface area (Å²) in [5, 5.41) is 15.3. The van der Waals surface area contributed by atoms with E-state index >= 15 is 0 Å². The Kier molecular flexibility index (Phi) is 5.47. The second-order valence-corrected chi connectivity index (χ2v) is 5.19. The van der Waals surface area contributed by atoms with Crippen molar-refractivity contribution >= 4 is 11.7 Å². The number of amides is 1. The van der Waals surface area contributed by atoms with E-state index in [0.29, 0.717) is 30.5 Å².